The molecule has 0 unspecified atom stereocenters. The Hall–Kier alpha value is 1.97. The monoisotopic (exact) mass is 360 g/mol. The Morgan fingerprint density at radius 3 is 1.00 bits per heavy atom. The van der Waals surface area contributed by atoms with Crippen molar-refractivity contribution in [2.45, 2.75) is 0 Å². The van der Waals surface area contributed by atoms with Crippen LogP contribution in [-0.2, 0) is 3.08 Å². The van der Waals surface area contributed by atoms with Gasteiger partial charge in [0.15, 0.2) is 0 Å². The summed E-state index contributed by atoms with van der Waals surface area (Å²) in [5.41, 5.74) is 0. The Bertz CT molecular complexity index is 31.5. The van der Waals surface area contributed by atoms with Crippen LogP contribution in [0.5, 0.6) is 0 Å². The minimum absolute atomic E-state index is 0. The summed E-state index contributed by atoms with van der Waals surface area (Å²) in [6.45, 7) is 0. The molecule has 8 heavy (non-hydrogen) atoms. The van der Waals surface area contributed by atoms with Crippen molar-refractivity contribution in [2.75, 3.05) is 0 Å². The molecule has 0 aromatic heterocycles. The van der Waals surface area contributed by atoms with Gasteiger partial charge in [0.2, 0.25) is 0 Å². The summed E-state index contributed by atoms with van der Waals surface area (Å²) >= 11 is -4.29. The van der Waals surface area contributed by atoms with Crippen molar-refractivity contribution in [3.05, 3.63) is 0 Å². The van der Waals surface area contributed by atoms with Crippen LogP contribution in [0.3, 0.4) is 0 Å². The maximum absolute atomic E-state index is 8.61. The zero-order chi connectivity index (χ0) is 3.58. The summed E-state index contributed by atoms with van der Waals surface area (Å²) in [7, 11) is 0. The van der Waals surface area contributed by atoms with Gasteiger partial charge in [-0.3, -0.25) is 0 Å². The molecule has 48 valence electrons. The van der Waals surface area contributed by atoms with Gasteiger partial charge in [-0.25, -0.2) is 0 Å². The Balaban J connectivity index is -0.00000000750. The second kappa shape index (κ2) is 23.1. The molecule has 0 aliphatic heterocycles. The summed E-state index contributed by atoms with van der Waals surface area (Å²) < 4.78 is 25.8. The predicted octanol–water partition coefficient (Wildman–Crippen LogP) is -5.73. The molecule has 0 radical (unpaired) electrons. The van der Waals surface area contributed by atoms with Crippen LogP contribution in [0.25, 0.3) is 0 Å². The summed E-state index contributed by atoms with van der Waals surface area (Å²) in [4.78, 5) is 0. The van der Waals surface area contributed by atoms with Crippen LogP contribution in [0.4, 0.5) is 0 Å². The van der Waals surface area contributed by atoms with E-state index in [-0.39, 0.29) is 65.3 Å². The van der Waals surface area contributed by atoms with Gasteiger partial charge in [0.25, 0.3) is 0 Å². The quantitative estimate of drug-likeness (QED) is 0.396. The van der Waals surface area contributed by atoms with E-state index in [1.54, 1.807) is 0 Å². The van der Waals surface area contributed by atoms with Gasteiger partial charge in [-0.1, -0.05) is 0 Å². The van der Waals surface area contributed by atoms with Gasteiger partial charge in [-0.15, -0.1) is 0 Å². The molecule has 0 fully saturated rings. The Morgan fingerprint density at radius 1 is 1.00 bits per heavy atom. The fourth-order valence-electron chi connectivity index (χ4n) is 0. The molecular weight excluding hydrogens is 352 g/mol. The van der Waals surface area contributed by atoms with Crippen LogP contribution in [0.2, 0.25) is 0 Å². The molecule has 0 amide bonds. The molecule has 8 heteroatoms. The van der Waals surface area contributed by atoms with Crippen molar-refractivity contribution in [2.24, 2.45) is 0 Å². The average Bonchev–Trinajstić information content (AvgIpc) is 0.811. The standard InChI is InChI=1S/Ba.3H2O.3O.Sn/h;3*1H2;;;;/q+2;;;;;2*-1;. The van der Waals surface area contributed by atoms with Gasteiger partial charge in [-0.2, -0.15) is 0 Å². The molecule has 0 atom stereocenters. The van der Waals surface area contributed by atoms with Gasteiger partial charge in [0.1, 0.15) is 0 Å². The van der Waals surface area contributed by atoms with Crippen molar-refractivity contribution >= 4 is 69.5 Å². The van der Waals surface area contributed by atoms with E-state index in [1.165, 1.54) is 0 Å². The first kappa shape index (κ1) is 32.5. The van der Waals surface area contributed by atoms with E-state index in [2.05, 4.69) is 0 Å². The Morgan fingerprint density at radius 2 is 1.00 bits per heavy atom. The van der Waals surface area contributed by atoms with Gasteiger partial charge in [-0.05, 0) is 0 Å². The van der Waals surface area contributed by atoms with Crippen LogP contribution in [-0.4, -0.2) is 85.9 Å². The summed E-state index contributed by atoms with van der Waals surface area (Å²) in [5, 5.41) is 0. The molecule has 0 spiro atoms. The topological polar surface area (TPSA) is 158 Å². The van der Waals surface area contributed by atoms with E-state index in [4.69, 9.17) is 9.96 Å². The second-order valence-corrected chi connectivity index (χ2v) is 1.68. The number of rotatable bonds is 0. The first-order valence-corrected chi connectivity index (χ1v) is 4.11. The fraction of sp³-hybridized carbons (Fsp3) is 0. The number of hydrogen-bond acceptors (Lipinski definition) is 3. The second-order valence-electron chi connectivity index (χ2n) is 0.250. The number of hydrogen-bond donors (Lipinski definition) is 0. The summed E-state index contributed by atoms with van der Waals surface area (Å²) in [5.74, 6) is 0. The molecule has 0 bridgehead atoms. The Labute approximate surface area is 94.1 Å². The first-order chi connectivity index (χ1) is 1.73. The van der Waals surface area contributed by atoms with Gasteiger partial charge >= 0.3 is 79.4 Å². The van der Waals surface area contributed by atoms with Crippen molar-refractivity contribution < 1.29 is 26.4 Å². The molecular formula is H6BaO6Sn. The molecule has 0 saturated carbocycles. The maximum atomic E-state index is 8.61. The average molecular weight is 358 g/mol. The third kappa shape index (κ3) is 99.8. The van der Waals surface area contributed by atoms with E-state index in [1.807, 2.05) is 0 Å². The molecule has 0 aromatic rings. The molecule has 0 heterocycles. The van der Waals surface area contributed by atoms with Gasteiger partial charge in [0, 0.05) is 0 Å². The Kier molecular flexibility index (Phi) is 93.6. The van der Waals surface area contributed by atoms with E-state index < -0.39 is 20.6 Å². The molecule has 0 aromatic carbocycles. The van der Waals surface area contributed by atoms with E-state index in [0.717, 1.165) is 0 Å². The van der Waals surface area contributed by atoms with Crippen LogP contribution >= 0.6 is 0 Å². The predicted molar refractivity (Wildman–Crippen MR) is 23.0 cm³/mol. The van der Waals surface area contributed by atoms with E-state index in [0.29, 0.717) is 0 Å². The summed E-state index contributed by atoms with van der Waals surface area (Å²) in [6, 6.07) is 0. The van der Waals surface area contributed by atoms with Crippen LogP contribution < -0.4 is 6.89 Å². The third-order valence-corrected chi connectivity index (χ3v) is 0. The SMILES string of the molecule is O.O.O.[Ba+2].[O]=[Sn]([O-])[O-]. The molecule has 0 rings (SSSR count). The molecule has 0 saturated heterocycles. The van der Waals surface area contributed by atoms with Crippen LogP contribution in [0.15, 0.2) is 0 Å². The van der Waals surface area contributed by atoms with Gasteiger partial charge < -0.3 is 16.4 Å². The van der Waals surface area contributed by atoms with Crippen molar-refractivity contribution in [3.63, 3.8) is 0 Å². The van der Waals surface area contributed by atoms with Gasteiger partial charge in [0.05, 0.1) is 0 Å². The normalized spacial score (nSPS) is 3.25. The van der Waals surface area contributed by atoms with E-state index >= 15 is 0 Å². The van der Waals surface area contributed by atoms with Crippen LogP contribution in [0, 0.1) is 0 Å². The van der Waals surface area contributed by atoms with Crippen molar-refractivity contribution in [1.29, 1.82) is 0 Å². The molecule has 0 aliphatic rings. The minimum atomic E-state index is -4.29. The fourth-order valence-corrected chi connectivity index (χ4v) is 0. The molecule has 6 nitrogen and oxygen atoms in total. The zero-order valence-corrected chi connectivity index (χ0v) is 11.2. The van der Waals surface area contributed by atoms with Crippen molar-refractivity contribution in [1.82, 2.24) is 0 Å². The zero-order valence-electron chi connectivity index (χ0n) is 3.93. The summed E-state index contributed by atoms with van der Waals surface area (Å²) in [6.07, 6.45) is 0. The van der Waals surface area contributed by atoms with E-state index in [9.17, 15) is 0 Å². The first-order valence-electron chi connectivity index (χ1n) is 0.612. The third-order valence-electron chi connectivity index (χ3n) is 0. The van der Waals surface area contributed by atoms with Crippen LogP contribution in [0.1, 0.15) is 0 Å². The van der Waals surface area contributed by atoms with Crippen molar-refractivity contribution in [3.8, 4) is 0 Å². The molecule has 6 N–H and O–H groups in total. The molecule has 0 aliphatic carbocycles.